The van der Waals surface area contributed by atoms with Crippen LogP contribution < -0.4 is 24.9 Å². The molecule has 0 radical (unpaired) electrons. The topological polar surface area (TPSA) is 76.6 Å². The number of aliphatic hydroxyl groups excluding tert-OH is 1. The van der Waals surface area contributed by atoms with E-state index in [0.29, 0.717) is 17.9 Å². The number of piperazine rings is 1. The Labute approximate surface area is 181 Å². The molecule has 0 bridgehead atoms. The summed E-state index contributed by atoms with van der Waals surface area (Å²) in [6.07, 6.45) is -0.576. The Balaban J connectivity index is 1.28. The third kappa shape index (κ3) is 5.00. The summed E-state index contributed by atoms with van der Waals surface area (Å²) >= 11 is 0. The van der Waals surface area contributed by atoms with Crippen LogP contribution in [0.4, 0.5) is 5.69 Å². The number of nitrogens with one attached hydrogen (secondary N) is 1. The largest absolute Gasteiger partial charge is 0.495 e. The number of rotatable bonds is 7. The van der Waals surface area contributed by atoms with Crippen LogP contribution in [-0.2, 0) is 0 Å². The minimum absolute atomic E-state index is 0.196. The van der Waals surface area contributed by atoms with Gasteiger partial charge in [0.2, 0.25) is 0 Å². The number of para-hydroxylation sites is 2. The zero-order valence-corrected chi connectivity index (χ0v) is 18.0. The Kier molecular flexibility index (Phi) is 6.44. The average Bonchev–Trinajstić information content (AvgIpc) is 2.78. The first kappa shape index (κ1) is 21.2. The maximum atomic E-state index is 11.6. The number of hydrogen-bond donors (Lipinski definition) is 2. The fraction of sp³-hybridized carbons (Fsp3) is 0.375. The molecule has 1 aromatic heterocycles. The van der Waals surface area contributed by atoms with Gasteiger partial charge in [0, 0.05) is 17.5 Å². The number of anilines is 1. The van der Waals surface area contributed by atoms with Crippen LogP contribution in [-0.4, -0.2) is 57.7 Å². The maximum Gasteiger partial charge on any atom is 0.336 e. The van der Waals surface area contributed by atoms with E-state index >= 15 is 0 Å². The second-order valence-corrected chi connectivity index (χ2v) is 7.98. The second kappa shape index (κ2) is 9.41. The van der Waals surface area contributed by atoms with Crippen molar-refractivity contribution in [3.8, 4) is 11.5 Å². The lowest BCUT2D eigenvalue weighted by Crippen LogP contribution is -3.16. The number of aryl methyl sites for hydroxylation is 1. The smallest absolute Gasteiger partial charge is 0.336 e. The van der Waals surface area contributed by atoms with Gasteiger partial charge in [-0.1, -0.05) is 12.1 Å². The fourth-order valence-electron chi connectivity index (χ4n) is 4.14. The third-order valence-electron chi connectivity index (χ3n) is 5.79. The van der Waals surface area contributed by atoms with E-state index in [1.807, 2.05) is 37.3 Å². The van der Waals surface area contributed by atoms with Crippen LogP contribution in [0.2, 0.25) is 0 Å². The van der Waals surface area contributed by atoms with Gasteiger partial charge in [-0.05, 0) is 36.8 Å². The van der Waals surface area contributed by atoms with Gasteiger partial charge in [0.15, 0.2) is 0 Å². The Bertz CT molecular complexity index is 1090. The highest BCUT2D eigenvalue weighted by molar-refractivity contribution is 5.81. The summed E-state index contributed by atoms with van der Waals surface area (Å²) in [5.41, 5.74) is 2.10. The number of fused-ring (bicyclic) bond motifs is 1. The lowest BCUT2D eigenvalue weighted by atomic mass is 10.1. The van der Waals surface area contributed by atoms with Crippen molar-refractivity contribution in [3.05, 3.63) is 64.5 Å². The molecule has 31 heavy (non-hydrogen) atoms. The molecule has 1 fully saturated rings. The van der Waals surface area contributed by atoms with Gasteiger partial charge in [0.1, 0.15) is 36.3 Å². The maximum absolute atomic E-state index is 11.6. The number of methoxy groups -OCH3 is 1. The molecule has 0 aliphatic carbocycles. The van der Waals surface area contributed by atoms with Crippen molar-refractivity contribution in [3.63, 3.8) is 0 Å². The van der Waals surface area contributed by atoms with Gasteiger partial charge in [-0.3, -0.25) is 0 Å². The minimum Gasteiger partial charge on any atom is -0.495 e. The molecule has 1 aliphatic heterocycles. The van der Waals surface area contributed by atoms with Gasteiger partial charge in [-0.2, -0.15) is 0 Å². The van der Waals surface area contributed by atoms with Gasteiger partial charge >= 0.3 is 5.63 Å². The monoisotopic (exact) mass is 425 g/mol. The lowest BCUT2D eigenvalue weighted by Gasteiger charge is -2.35. The number of hydrogen-bond acceptors (Lipinski definition) is 6. The number of benzene rings is 2. The number of nitrogens with zero attached hydrogens (tertiary/aromatic N) is 1. The van der Waals surface area contributed by atoms with E-state index in [4.69, 9.17) is 13.9 Å². The summed E-state index contributed by atoms with van der Waals surface area (Å²) < 4.78 is 16.5. The zero-order chi connectivity index (χ0) is 21.8. The molecule has 1 saturated heterocycles. The van der Waals surface area contributed by atoms with Gasteiger partial charge in [-0.25, -0.2) is 4.79 Å². The number of aliphatic hydroxyl groups is 1. The molecule has 2 aromatic carbocycles. The highest BCUT2D eigenvalue weighted by atomic mass is 16.5. The predicted octanol–water partition coefficient (Wildman–Crippen LogP) is 1.25. The van der Waals surface area contributed by atoms with Crippen LogP contribution in [0.1, 0.15) is 5.56 Å². The van der Waals surface area contributed by atoms with E-state index < -0.39 is 6.10 Å². The van der Waals surface area contributed by atoms with E-state index in [0.717, 1.165) is 48.6 Å². The first-order valence-corrected chi connectivity index (χ1v) is 10.6. The highest BCUT2D eigenvalue weighted by Crippen LogP contribution is 2.27. The van der Waals surface area contributed by atoms with Gasteiger partial charge < -0.3 is 28.8 Å². The molecule has 3 aromatic rings. The first-order chi connectivity index (χ1) is 15.0. The lowest BCUT2D eigenvalue weighted by molar-refractivity contribution is -0.903. The second-order valence-electron chi connectivity index (χ2n) is 7.98. The summed E-state index contributed by atoms with van der Waals surface area (Å²) in [6, 6.07) is 15.0. The van der Waals surface area contributed by atoms with Crippen LogP contribution in [0.25, 0.3) is 11.0 Å². The molecule has 164 valence electrons. The van der Waals surface area contributed by atoms with Crippen molar-refractivity contribution in [2.24, 2.45) is 0 Å². The predicted molar refractivity (Wildman–Crippen MR) is 119 cm³/mol. The molecular formula is C24H29N2O5+. The highest BCUT2D eigenvalue weighted by Gasteiger charge is 2.24. The molecule has 2 heterocycles. The molecular weight excluding hydrogens is 396 g/mol. The molecule has 4 rings (SSSR count). The van der Waals surface area contributed by atoms with Crippen LogP contribution in [0.15, 0.2) is 57.7 Å². The number of ether oxygens (including phenoxy) is 2. The SMILES string of the molecule is COc1ccccc1N1CC[NH+](C[C@H](O)COc2ccc3c(C)cc(=O)oc3c2)CC1. The number of quaternary nitrogens is 1. The molecule has 1 aliphatic rings. The molecule has 1 atom stereocenters. The van der Waals surface area contributed by atoms with E-state index in [2.05, 4.69) is 11.0 Å². The Hall–Kier alpha value is -3.03. The van der Waals surface area contributed by atoms with Crippen molar-refractivity contribution in [2.75, 3.05) is 51.3 Å². The van der Waals surface area contributed by atoms with Gasteiger partial charge in [0.25, 0.3) is 0 Å². The van der Waals surface area contributed by atoms with Crippen LogP contribution in [0.5, 0.6) is 11.5 Å². The molecule has 0 amide bonds. The molecule has 0 spiro atoms. The Morgan fingerprint density at radius 2 is 1.94 bits per heavy atom. The van der Waals surface area contributed by atoms with Crippen molar-refractivity contribution in [2.45, 2.75) is 13.0 Å². The minimum atomic E-state index is -0.576. The van der Waals surface area contributed by atoms with E-state index in [9.17, 15) is 9.90 Å². The van der Waals surface area contributed by atoms with Crippen LogP contribution in [0.3, 0.4) is 0 Å². The zero-order valence-electron chi connectivity index (χ0n) is 18.0. The van der Waals surface area contributed by atoms with Crippen molar-refractivity contribution in [1.82, 2.24) is 0 Å². The third-order valence-corrected chi connectivity index (χ3v) is 5.79. The Morgan fingerprint density at radius 3 is 2.71 bits per heavy atom. The molecule has 7 nitrogen and oxygen atoms in total. The van der Waals surface area contributed by atoms with Crippen LogP contribution >= 0.6 is 0 Å². The summed E-state index contributed by atoms with van der Waals surface area (Å²) in [7, 11) is 1.70. The fourth-order valence-corrected chi connectivity index (χ4v) is 4.14. The first-order valence-electron chi connectivity index (χ1n) is 10.6. The van der Waals surface area contributed by atoms with Gasteiger partial charge in [-0.15, -0.1) is 0 Å². The summed E-state index contributed by atoms with van der Waals surface area (Å²) in [4.78, 5) is 15.3. The molecule has 7 heteroatoms. The van der Waals surface area contributed by atoms with Gasteiger partial charge in [0.05, 0.1) is 39.0 Å². The molecule has 2 N–H and O–H groups in total. The standard InChI is InChI=1S/C24H28N2O5/c1-17-13-24(28)31-23-14-19(7-8-20(17)23)30-16-18(27)15-25-9-11-26(12-10-25)21-5-3-4-6-22(21)29-2/h3-8,13-14,18,27H,9-12,15-16H2,1-2H3/p+1/t18-/m0/s1. The summed E-state index contributed by atoms with van der Waals surface area (Å²) in [5.74, 6) is 1.47. The van der Waals surface area contributed by atoms with Crippen molar-refractivity contribution < 1.29 is 23.9 Å². The Morgan fingerprint density at radius 1 is 1.16 bits per heavy atom. The summed E-state index contributed by atoms with van der Waals surface area (Å²) in [6.45, 7) is 6.40. The quantitative estimate of drug-likeness (QED) is 0.555. The molecule has 0 unspecified atom stereocenters. The summed E-state index contributed by atoms with van der Waals surface area (Å²) in [5, 5.41) is 11.4. The normalized spacial score (nSPS) is 15.8. The van der Waals surface area contributed by atoms with Crippen molar-refractivity contribution >= 4 is 16.7 Å². The van der Waals surface area contributed by atoms with E-state index in [-0.39, 0.29) is 12.2 Å². The molecule has 0 saturated carbocycles. The average molecular weight is 426 g/mol. The van der Waals surface area contributed by atoms with Crippen LogP contribution in [0, 0.1) is 6.92 Å². The van der Waals surface area contributed by atoms with E-state index in [1.54, 1.807) is 13.2 Å². The van der Waals surface area contributed by atoms with Crippen molar-refractivity contribution in [1.29, 1.82) is 0 Å². The van der Waals surface area contributed by atoms with E-state index in [1.165, 1.54) is 11.0 Å².